The summed E-state index contributed by atoms with van der Waals surface area (Å²) in [5.74, 6) is 0. The van der Waals surface area contributed by atoms with Gasteiger partial charge in [-0.2, -0.15) is 0 Å². The van der Waals surface area contributed by atoms with Gasteiger partial charge in [-0.3, -0.25) is 0 Å². The maximum absolute atomic E-state index is 9.28. The molecule has 0 fully saturated rings. The molecule has 0 spiro atoms. The minimum Gasteiger partial charge on any atom is -0.387 e. The van der Waals surface area contributed by atoms with E-state index in [2.05, 4.69) is 0 Å². The standard InChI is InChI=1S/C9H18O3/c1-8(2)6-9(10)7-12-5-4-11-3/h6,9-10H,4-5,7H2,1-3H3. The van der Waals surface area contributed by atoms with Gasteiger partial charge in [0.1, 0.15) is 0 Å². The van der Waals surface area contributed by atoms with Crippen LogP contribution in [0.5, 0.6) is 0 Å². The minimum atomic E-state index is -0.494. The molecule has 0 aromatic rings. The molecule has 0 heterocycles. The Morgan fingerprint density at radius 3 is 2.58 bits per heavy atom. The van der Waals surface area contributed by atoms with Gasteiger partial charge in [-0.1, -0.05) is 11.6 Å². The molecule has 0 saturated carbocycles. The monoisotopic (exact) mass is 174 g/mol. The Bertz CT molecular complexity index is 128. The first kappa shape index (κ1) is 11.6. The third-order valence-corrected chi connectivity index (χ3v) is 1.25. The molecule has 0 aliphatic heterocycles. The topological polar surface area (TPSA) is 38.7 Å². The lowest BCUT2D eigenvalue weighted by molar-refractivity contribution is 0.0292. The molecule has 0 bridgehead atoms. The zero-order chi connectivity index (χ0) is 9.40. The van der Waals surface area contributed by atoms with E-state index < -0.39 is 6.10 Å². The van der Waals surface area contributed by atoms with Crippen molar-refractivity contribution in [1.82, 2.24) is 0 Å². The van der Waals surface area contributed by atoms with Crippen LogP contribution in [0.2, 0.25) is 0 Å². The SMILES string of the molecule is COCCOCC(O)C=C(C)C. The number of hydrogen-bond acceptors (Lipinski definition) is 3. The van der Waals surface area contributed by atoms with Crippen molar-refractivity contribution in [3.05, 3.63) is 11.6 Å². The first-order valence-corrected chi connectivity index (χ1v) is 4.06. The van der Waals surface area contributed by atoms with Gasteiger partial charge in [-0.05, 0) is 13.8 Å². The average Bonchev–Trinajstić information content (AvgIpc) is 1.97. The van der Waals surface area contributed by atoms with E-state index in [1.807, 2.05) is 13.8 Å². The van der Waals surface area contributed by atoms with Gasteiger partial charge < -0.3 is 14.6 Å². The molecule has 3 nitrogen and oxygen atoms in total. The zero-order valence-corrected chi connectivity index (χ0v) is 8.04. The van der Waals surface area contributed by atoms with Crippen molar-refractivity contribution in [3.63, 3.8) is 0 Å². The summed E-state index contributed by atoms with van der Waals surface area (Å²) in [5, 5.41) is 9.28. The van der Waals surface area contributed by atoms with Gasteiger partial charge >= 0.3 is 0 Å². The first-order valence-electron chi connectivity index (χ1n) is 4.06. The first-order chi connectivity index (χ1) is 5.66. The van der Waals surface area contributed by atoms with Crippen molar-refractivity contribution in [2.75, 3.05) is 26.9 Å². The largest absolute Gasteiger partial charge is 0.387 e. The van der Waals surface area contributed by atoms with E-state index in [1.54, 1.807) is 13.2 Å². The van der Waals surface area contributed by atoms with Crippen molar-refractivity contribution in [3.8, 4) is 0 Å². The van der Waals surface area contributed by atoms with E-state index in [0.717, 1.165) is 5.57 Å². The van der Waals surface area contributed by atoms with Crippen LogP contribution in [0.15, 0.2) is 11.6 Å². The summed E-state index contributed by atoms with van der Waals surface area (Å²) in [7, 11) is 1.62. The quantitative estimate of drug-likeness (QED) is 0.482. The summed E-state index contributed by atoms with van der Waals surface area (Å²) in [4.78, 5) is 0. The molecule has 12 heavy (non-hydrogen) atoms. The number of rotatable bonds is 6. The zero-order valence-electron chi connectivity index (χ0n) is 8.04. The third kappa shape index (κ3) is 7.72. The van der Waals surface area contributed by atoms with Gasteiger partial charge in [-0.15, -0.1) is 0 Å². The van der Waals surface area contributed by atoms with Crippen LogP contribution in [0.1, 0.15) is 13.8 Å². The average molecular weight is 174 g/mol. The summed E-state index contributed by atoms with van der Waals surface area (Å²) in [6.45, 7) is 5.33. The summed E-state index contributed by atoms with van der Waals surface area (Å²) in [6, 6.07) is 0. The van der Waals surface area contributed by atoms with Crippen LogP contribution in [0.25, 0.3) is 0 Å². The maximum atomic E-state index is 9.28. The Morgan fingerprint density at radius 1 is 1.42 bits per heavy atom. The van der Waals surface area contributed by atoms with Crippen molar-refractivity contribution < 1.29 is 14.6 Å². The Balaban J connectivity index is 3.32. The van der Waals surface area contributed by atoms with Crippen LogP contribution in [0, 0.1) is 0 Å². The van der Waals surface area contributed by atoms with E-state index in [0.29, 0.717) is 19.8 Å². The van der Waals surface area contributed by atoms with Crippen LogP contribution in [-0.2, 0) is 9.47 Å². The minimum absolute atomic E-state index is 0.342. The summed E-state index contributed by atoms with van der Waals surface area (Å²) >= 11 is 0. The molecule has 0 amide bonds. The molecule has 0 aromatic heterocycles. The molecule has 1 N–H and O–H groups in total. The Hall–Kier alpha value is -0.380. The molecule has 0 aliphatic rings. The molecule has 0 rings (SSSR count). The van der Waals surface area contributed by atoms with E-state index in [9.17, 15) is 5.11 Å². The predicted molar refractivity (Wildman–Crippen MR) is 48.1 cm³/mol. The highest BCUT2D eigenvalue weighted by molar-refractivity contribution is 4.97. The van der Waals surface area contributed by atoms with Gasteiger partial charge in [0, 0.05) is 7.11 Å². The third-order valence-electron chi connectivity index (χ3n) is 1.25. The van der Waals surface area contributed by atoms with Gasteiger partial charge in [0.2, 0.25) is 0 Å². The van der Waals surface area contributed by atoms with E-state index in [-0.39, 0.29) is 0 Å². The summed E-state index contributed by atoms with van der Waals surface area (Å²) < 4.78 is 9.90. The van der Waals surface area contributed by atoms with E-state index in [4.69, 9.17) is 9.47 Å². The maximum Gasteiger partial charge on any atom is 0.0956 e. The second-order valence-electron chi connectivity index (χ2n) is 2.88. The van der Waals surface area contributed by atoms with Crippen LogP contribution < -0.4 is 0 Å². The smallest absolute Gasteiger partial charge is 0.0956 e. The Kier molecular flexibility index (Phi) is 7.05. The normalized spacial score (nSPS) is 12.7. The number of hydrogen-bond donors (Lipinski definition) is 1. The van der Waals surface area contributed by atoms with Crippen LogP contribution in [0.4, 0.5) is 0 Å². The van der Waals surface area contributed by atoms with Gasteiger partial charge in [0.15, 0.2) is 0 Å². The number of aliphatic hydroxyl groups excluding tert-OH is 1. The summed E-state index contributed by atoms with van der Waals surface area (Å²) in [6.07, 6.45) is 1.28. The fourth-order valence-corrected chi connectivity index (χ4v) is 0.779. The van der Waals surface area contributed by atoms with Crippen molar-refractivity contribution in [2.24, 2.45) is 0 Å². The molecular formula is C9H18O3. The fraction of sp³-hybridized carbons (Fsp3) is 0.778. The Labute approximate surface area is 74.0 Å². The van der Waals surface area contributed by atoms with E-state index in [1.165, 1.54) is 0 Å². The predicted octanol–water partition coefficient (Wildman–Crippen LogP) is 0.977. The highest BCUT2D eigenvalue weighted by Crippen LogP contribution is 1.94. The van der Waals surface area contributed by atoms with Crippen molar-refractivity contribution in [1.29, 1.82) is 0 Å². The van der Waals surface area contributed by atoms with Crippen LogP contribution in [0.3, 0.4) is 0 Å². The second-order valence-corrected chi connectivity index (χ2v) is 2.88. The molecule has 0 aliphatic carbocycles. The molecular weight excluding hydrogens is 156 g/mol. The van der Waals surface area contributed by atoms with Crippen molar-refractivity contribution in [2.45, 2.75) is 20.0 Å². The van der Waals surface area contributed by atoms with Crippen LogP contribution in [-0.4, -0.2) is 38.1 Å². The molecule has 0 radical (unpaired) electrons. The lowest BCUT2D eigenvalue weighted by Gasteiger charge is -2.07. The van der Waals surface area contributed by atoms with Gasteiger partial charge in [0.25, 0.3) is 0 Å². The molecule has 72 valence electrons. The fourth-order valence-electron chi connectivity index (χ4n) is 0.779. The number of allylic oxidation sites excluding steroid dienone is 1. The molecule has 0 aromatic carbocycles. The molecule has 1 atom stereocenters. The number of aliphatic hydroxyl groups is 1. The van der Waals surface area contributed by atoms with Gasteiger partial charge in [-0.25, -0.2) is 0 Å². The second kappa shape index (κ2) is 7.28. The molecule has 3 heteroatoms. The number of ether oxygens (including phenoxy) is 2. The highest BCUT2D eigenvalue weighted by Gasteiger charge is 1.98. The lowest BCUT2D eigenvalue weighted by atomic mass is 10.2. The van der Waals surface area contributed by atoms with Crippen molar-refractivity contribution >= 4 is 0 Å². The number of methoxy groups -OCH3 is 1. The molecule has 1 unspecified atom stereocenters. The molecule has 0 saturated heterocycles. The van der Waals surface area contributed by atoms with Gasteiger partial charge in [0.05, 0.1) is 25.9 Å². The van der Waals surface area contributed by atoms with E-state index >= 15 is 0 Å². The summed E-state index contributed by atoms with van der Waals surface area (Å²) in [5.41, 5.74) is 1.10. The lowest BCUT2D eigenvalue weighted by Crippen LogP contribution is -2.14. The van der Waals surface area contributed by atoms with Crippen LogP contribution >= 0.6 is 0 Å². The Morgan fingerprint density at radius 2 is 2.08 bits per heavy atom. The highest BCUT2D eigenvalue weighted by atomic mass is 16.5.